The number of carbonyl (C=O) groups excluding carboxylic acids is 2. The van der Waals surface area contributed by atoms with Gasteiger partial charge in [0, 0.05) is 11.4 Å². The van der Waals surface area contributed by atoms with Crippen LogP contribution in [0.15, 0.2) is 72.8 Å². The minimum absolute atomic E-state index is 0.145. The van der Waals surface area contributed by atoms with Crippen LogP contribution >= 0.6 is 23.8 Å². The van der Waals surface area contributed by atoms with Gasteiger partial charge >= 0.3 is 0 Å². The van der Waals surface area contributed by atoms with Gasteiger partial charge in [-0.05, 0) is 74.1 Å². The number of anilines is 2. The highest BCUT2D eigenvalue weighted by Crippen LogP contribution is 2.24. The van der Waals surface area contributed by atoms with Gasteiger partial charge in [-0.2, -0.15) is 0 Å². The van der Waals surface area contributed by atoms with E-state index in [0.29, 0.717) is 40.1 Å². The summed E-state index contributed by atoms with van der Waals surface area (Å²) in [6, 6.07) is 21.0. The second kappa shape index (κ2) is 15.0. The van der Waals surface area contributed by atoms with Gasteiger partial charge in [-0.25, -0.2) is 0 Å². The molecule has 7 nitrogen and oxygen atoms in total. The standard InChI is InChI=1S/C29H32ClN3O4S/c1-3-4-5-10-19-36-25-13-8-6-11-23(25)28(35)33-29(38)32-22-17-15-21(16-18-22)31-27(34)20(2)37-26-14-9-7-12-24(26)30/h6-9,11-18,20H,3-5,10,19H2,1-2H3,(H,31,34)(H2,32,33,35,38). The van der Waals surface area contributed by atoms with Crippen LogP contribution in [0.1, 0.15) is 49.9 Å². The average molecular weight is 554 g/mol. The number of halogens is 1. The Kier molecular flexibility index (Phi) is 11.4. The molecule has 0 fully saturated rings. The summed E-state index contributed by atoms with van der Waals surface area (Å²) >= 11 is 11.4. The number of ether oxygens (including phenoxy) is 2. The Morgan fingerprint density at radius 1 is 0.868 bits per heavy atom. The molecule has 3 rings (SSSR count). The van der Waals surface area contributed by atoms with Crippen LogP contribution in [0.25, 0.3) is 0 Å². The smallest absolute Gasteiger partial charge is 0.265 e. The zero-order valence-electron chi connectivity index (χ0n) is 21.5. The first kappa shape index (κ1) is 28.9. The Bertz CT molecular complexity index is 1240. The van der Waals surface area contributed by atoms with Gasteiger partial charge in [-0.15, -0.1) is 0 Å². The van der Waals surface area contributed by atoms with E-state index in [9.17, 15) is 9.59 Å². The molecular weight excluding hydrogens is 522 g/mol. The average Bonchev–Trinajstić information content (AvgIpc) is 2.91. The number of hydrogen-bond acceptors (Lipinski definition) is 5. The molecule has 0 saturated carbocycles. The van der Waals surface area contributed by atoms with Crippen molar-refractivity contribution in [2.24, 2.45) is 0 Å². The number of amides is 2. The van der Waals surface area contributed by atoms with Crippen molar-refractivity contribution < 1.29 is 19.1 Å². The highest BCUT2D eigenvalue weighted by Gasteiger charge is 2.17. The fourth-order valence-electron chi connectivity index (χ4n) is 3.49. The molecule has 0 heterocycles. The predicted octanol–water partition coefficient (Wildman–Crippen LogP) is 6.83. The Balaban J connectivity index is 1.49. The number of hydrogen-bond donors (Lipinski definition) is 3. The Hall–Kier alpha value is -3.62. The van der Waals surface area contributed by atoms with Crippen molar-refractivity contribution in [1.82, 2.24) is 5.32 Å². The molecule has 3 aromatic rings. The summed E-state index contributed by atoms with van der Waals surface area (Å²) in [6.45, 7) is 4.36. The summed E-state index contributed by atoms with van der Waals surface area (Å²) in [7, 11) is 0. The number of benzene rings is 3. The molecule has 0 radical (unpaired) electrons. The van der Waals surface area contributed by atoms with Gasteiger partial charge in [-0.3, -0.25) is 14.9 Å². The van der Waals surface area contributed by atoms with Crippen LogP contribution in [-0.2, 0) is 4.79 Å². The monoisotopic (exact) mass is 553 g/mol. The van der Waals surface area contributed by atoms with Crippen LogP contribution in [0.2, 0.25) is 5.02 Å². The van der Waals surface area contributed by atoms with Gasteiger partial charge in [0.05, 0.1) is 17.2 Å². The number of para-hydroxylation sites is 2. The minimum atomic E-state index is -0.751. The molecule has 3 aromatic carbocycles. The molecule has 0 bridgehead atoms. The summed E-state index contributed by atoms with van der Waals surface area (Å²) in [6.07, 6.45) is 3.60. The van der Waals surface area contributed by atoms with Crippen molar-refractivity contribution in [3.63, 3.8) is 0 Å². The van der Waals surface area contributed by atoms with Crippen LogP contribution in [0.4, 0.5) is 11.4 Å². The fourth-order valence-corrected chi connectivity index (χ4v) is 3.88. The molecule has 1 atom stereocenters. The van der Waals surface area contributed by atoms with Crippen LogP contribution < -0.4 is 25.4 Å². The Morgan fingerprint density at radius 2 is 1.50 bits per heavy atom. The topological polar surface area (TPSA) is 88.7 Å². The van der Waals surface area contributed by atoms with Crippen molar-refractivity contribution in [2.45, 2.75) is 45.6 Å². The van der Waals surface area contributed by atoms with E-state index in [1.807, 2.05) is 6.07 Å². The van der Waals surface area contributed by atoms with Crippen LogP contribution in [-0.4, -0.2) is 29.6 Å². The van der Waals surface area contributed by atoms with Gasteiger partial charge in [0.1, 0.15) is 11.5 Å². The molecule has 0 spiro atoms. The zero-order valence-corrected chi connectivity index (χ0v) is 23.0. The number of thiocarbonyl (C=S) groups is 1. The summed E-state index contributed by atoms with van der Waals surface area (Å²) in [5.41, 5.74) is 1.64. The first-order valence-corrected chi connectivity index (χ1v) is 13.3. The minimum Gasteiger partial charge on any atom is -0.493 e. The molecule has 0 aromatic heterocycles. The van der Waals surface area contributed by atoms with E-state index in [-0.39, 0.29) is 16.9 Å². The van der Waals surface area contributed by atoms with E-state index in [4.69, 9.17) is 33.3 Å². The Labute approximate surface area is 233 Å². The number of unbranched alkanes of at least 4 members (excludes halogenated alkanes) is 3. The maximum atomic E-state index is 12.8. The molecule has 2 amide bonds. The van der Waals surface area contributed by atoms with Crippen molar-refractivity contribution in [2.75, 3.05) is 17.2 Å². The van der Waals surface area contributed by atoms with Crippen LogP contribution in [0.5, 0.6) is 11.5 Å². The number of rotatable bonds is 12. The van der Waals surface area contributed by atoms with E-state index in [2.05, 4.69) is 22.9 Å². The second-order valence-corrected chi connectivity index (χ2v) is 9.39. The van der Waals surface area contributed by atoms with Crippen LogP contribution in [0, 0.1) is 0 Å². The van der Waals surface area contributed by atoms with Crippen molar-refractivity contribution in [3.05, 3.63) is 83.4 Å². The SMILES string of the molecule is CCCCCCOc1ccccc1C(=O)NC(=S)Nc1ccc(NC(=O)C(C)Oc2ccccc2Cl)cc1. The Morgan fingerprint density at radius 3 is 2.18 bits per heavy atom. The number of carbonyl (C=O) groups is 2. The molecule has 9 heteroatoms. The normalized spacial score (nSPS) is 11.2. The molecule has 3 N–H and O–H groups in total. The maximum absolute atomic E-state index is 12.8. The third-order valence-corrected chi connectivity index (χ3v) is 6.05. The molecule has 0 aliphatic carbocycles. The van der Waals surface area contributed by atoms with E-state index in [1.54, 1.807) is 73.7 Å². The molecule has 0 saturated heterocycles. The third-order valence-electron chi connectivity index (χ3n) is 5.53. The summed E-state index contributed by atoms with van der Waals surface area (Å²) in [4.78, 5) is 25.3. The lowest BCUT2D eigenvalue weighted by Gasteiger charge is -2.16. The van der Waals surface area contributed by atoms with Gasteiger partial charge in [0.25, 0.3) is 11.8 Å². The molecular formula is C29H32ClN3O4S. The van der Waals surface area contributed by atoms with Gasteiger partial charge in [-0.1, -0.05) is 62.1 Å². The lowest BCUT2D eigenvalue weighted by molar-refractivity contribution is -0.122. The zero-order chi connectivity index (χ0) is 27.3. The largest absolute Gasteiger partial charge is 0.493 e. The quantitative estimate of drug-likeness (QED) is 0.168. The van der Waals surface area contributed by atoms with Crippen molar-refractivity contribution in [3.8, 4) is 11.5 Å². The maximum Gasteiger partial charge on any atom is 0.265 e. The molecule has 38 heavy (non-hydrogen) atoms. The first-order chi connectivity index (χ1) is 18.4. The van der Waals surface area contributed by atoms with E-state index < -0.39 is 6.10 Å². The van der Waals surface area contributed by atoms with Crippen molar-refractivity contribution in [1.29, 1.82) is 0 Å². The van der Waals surface area contributed by atoms with Gasteiger partial charge in [0.15, 0.2) is 11.2 Å². The van der Waals surface area contributed by atoms with Gasteiger partial charge < -0.3 is 20.1 Å². The molecule has 0 aliphatic rings. The van der Waals surface area contributed by atoms with Gasteiger partial charge in [0.2, 0.25) is 0 Å². The molecule has 1 unspecified atom stereocenters. The lowest BCUT2D eigenvalue weighted by Crippen LogP contribution is -2.34. The fraction of sp³-hybridized carbons (Fsp3) is 0.276. The first-order valence-electron chi connectivity index (χ1n) is 12.5. The van der Waals surface area contributed by atoms with Crippen molar-refractivity contribution >= 4 is 52.1 Å². The number of nitrogens with one attached hydrogen (secondary N) is 3. The van der Waals surface area contributed by atoms with E-state index >= 15 is 0 Å². The second-order valence-electron chi connectivity index (χ2n) is 8.57. The highest BCUT2D eigenvalue weighted by molar-refractivity contribution is 7.80. The van der Waals surface area contributed by atoms with Crippen LogP contribution in [0.3, 0.4) is 0 Å². The lowest BCUT2D eigenvalue weighted by atomic mass is 10.2. The molecule has 0 aliphatic heterocycles. The highest BCUT2D eigenvalue weighted by atomic mass is 35.5. The van der Waals surface area contributed by atoms with E-state index in [0.717, 1.165) is 25.7 Å². The summed E-state index contributed by atoms with van der Waals surface area (Å²) < 4.78 is 11.5. The van der Waals surface area contributed by atoms with E-state index in [1.165, 1.54) is 0 Å². The summed E-state index contributed by atoms with van der Waals surface area (Å²) in [5, 5.41) is 9.04. The summed E-state index contributed by atoms with van der Waals surface area (Å²) in [5.74, 6) is 0.285. The third kappa shape index (κ3) is 9.04. The molecule has 200 valence electrons. The predicted molar refractivity (Wildman–Crippen MR) is 156 cm³/mol.